The summed E-state index contributed by atoms with van der Waals surface area (Å²) in [6.07, 6.45) is 0. The van der Waals surface area contributed by atoms with Crippen LogP contribution < -0.4 is 23.7 Å². The highest BCUT2D eigenvalue weighted by Gasteiger charge is 1.89. The van der Waals surface area contributed by atoms with Gasteiger partial charge in [0.05, 0.1) is 0 Å². The molecule has 2 nitrogen and oxygen atoms in total. The van der Waals surface area contributed by atoms with Crippen LogP contribution in [0.15, 0.2) is 24.3 Å². The van der Waals surface area contributed by atoms with Crippen molar-refractivity contribution in [3.8, 4) is 0 Å². The van der Waals surface area contributed by atoms with Crippen LogP contribution in [0.1, 0.15) is 5.56 Å². The molecule has 0 heterocycles. The Labute approximate surface area is 71.0 Å². The molecule has 0 saturated carbocycles. The van der Waals surface area contributed by atoms with Gasteiger partial charge in [0.15, 0.2) is 0 Å². The Hall–Kier alpha value is -0.640. The van der Waals surface area contributed by atoms with Gasteiger partial charge in [0.2, 0.25) is 0 Å². The first kappa shape index (κ1) is 10.4. The largest absolute Gasteiger partial charge is 1.00 e. The Morgan fingerprint density at radius 1 is 1.27 bits per heavy atom. The minimum Gasteiger partial charge on any atom is -1.00 e. The molecule has 0 aliphatic rings. The van der Waals surface area contributed by atoms with Gasteiger partial charge in [0.1, 0.15) is 5.82 Å². The molecule has 0 aliphatic carbocycles. The molecular weight excluding hydrogens is 167 g/mol. The highest BCUT2D eigenvalue weighted by molar-refractivity contribution is 5.15. The molecule has 0 aliphatic heterocycles. The van der Waals surface area contributed by atoms with E-state index in [-0.39, 0.29) is 18.2 Å². The van der Waals surface area contributed by atoms with Crippen molar-refractivity contribution in [2.75, 3.05) is 0 Å². The molecule has 0 atom stereocenters. The van der Waals surface area contributed by atoms with Crippen molar-refractivity contribution in [2.45, 2.75) is 6.54 Å². The first-order chi connectivity index (χ1) is 4.83. The predicted octanol–water partition coefficient (Wildman–Crippen LogP) is -2.21. The van der Waals surface area contributed by atoms with Crippen LogP contribution in [0.2, 0.25) is 0 Å². The Kier molecular flexibility index (Phi) is 4.77. The fraction of sp³-hybridized carbons (Fsp3) is 0.143. The molecular formula is C7H9ClFN2-. The first-order valence-corrected chi connectivity index (χ1v) is 3.01. The summed E-state index contributed by atoms with van der Waals surface area (Å²) in [5.41, 5.74) is 3.46. The molecule has 0 bridgehead atoms. The molecule has 0 amide bonds. The molecule has 0 unspecified atom stereocenters. The van der Waals surface area contributed by atoms with Gasteiger partial charge in [-0.25, -0.2) is 4.39 Å². The van der Waals surface area contributed by atoms with Crippen LogP contribution in [0.5, 0.6) is 0 Å². The zero-order valence-electron chi connectivity index (χ0n) is 5.85. The van der Waals surface area contributed by atoms with Crippen LogP contribution in [0.3, 0.4) is 0 Å². The molecule has 11 heavy (non-hydrogen) atoms. The fourth-order valence-corrected chi connectivity index (χ4v) is 0.720. The van der Waals surface area contributed by atoms with E-state index < -0.39 is 0 Å². The molecule has 0 aromatic heterocycles. The van der Waals surface area contributed by atoms with Gasteiger partial charge in [-0.2, -0.15) is 0 Å². The number of hydrogen-bond donors (Lipinski definition) is 2. The van der Waals surface area contributed by atoms with Crippen LogP contribution in [-0.2, 0) is 6.54 Å². The van der Waals surface area contributed by atoms with E-state index in [1.807, 2.05) is 0 Å². The van der Waals surface area contributed by atoms with Crippen molar-refractivity contribution >= 4 is 0 Å². The lowest BCUT2D eigenvalue weighted by atomic mass is 10.2. The van der Waals surface area contributed by atoms with Crippen LogP contribution in [0.4, 0.5) is 4.39 Å². The summed E-state index contributed by atoms with van der Waals surface area (Å²) in [5.74, 6) is 4.83. The third-order valence-corrected chi connectivity index (χ3v) is 1.22. The maximum atomic E-state index is 12.3. The maximum absolute atomic E-state index is 12.3. The lowest BCUT2D eigenvalue weighted by molar-refractivity contribution is -0.00000279. The topological polar surface area (TPSA) is 38.0 Å². The predicted molar refractivity (Wildman–Crippen MR) is 37.4 cm³/mol. The third kappa shape index (κ3) is 3.32. The first-order valence-electron chi connectivity index (χ1n) is 3.01. The lowest BCUT2D eigenvalue weighted by Crippen LogP contribution is -3.00. The van der Waals surface area contributed by atoms with Gasteiger partial charge >= 0.3 is 0 Å². The van der Waals surface area contributed by atoms with Crippen molar-refractivity contribution in [2.24, 2.45) is 5.84 Å². The monoisotopic (exact) mass is 175 g/mol. The molecule has 0 saturated heterocycles. The molecule has 1 aromatic rings. The molecule has 1 rings (SSSR count). The molecule has 1 aromatic carbocycles. The number of halogens is 2. The minimum absolute atomic E-state index is 0. The highest BCUT2D eigenvalue weighted by atomic mass is 35.5. The van der Waals surface area contributed by atoms with Crippen LogP contribution in [-0.4, -0.2) is 0 Å². The van der Waals surface area contributed by atoms with E-state index in [1.165, 1.54) is 12.1 Å². The van der Waals surface area contributed by atoms with Crippen molar-refractivity contribution in [1.29, 1.82) is 0 Å². The molecule has 3 N–H and O–H groups in total. The van der Waals surface area contributed by atoms with Crippen molar-refractivity contribution in [3.63, 3.8) is 0 Å². The average Bonchev–Trinajstić information content (AvgIpc) is 1.95. The normalized spacial score (nSPS) is 8.91. The second-order valence-electron chi connectivity index (χ2n) is 2.01. The molecule has 4 heteroatoms. The minimum atomic E-state index is -0.222. The summed E-state index contributed by atoms with van der Waals surface area (Å²) >= 11 is 0. The quantitative estimate of drug-likeness (QED) is 0.395. The number of benzene rings is 1. The standard InChI is InChI=1S/C7H9FN2.ClH/c8-7-3-1-6(2-4-7)5-10-9;/h1-4,10H,5,9H2;1H/p-1. The molecule has 0 radical (unpaired) electrons. The number of rotatable bonds is 2. The fourth-order valence-electron chi connectivity index (χ4n) is 0.720. The third-order valence-electron chi connectivity index (χ3n) is 1.22. The number of hydrazine groups is 1. The van der Waals surface area contributed by atoms with E-state index >= 15 is 0 Å². The van der Waals surface area contributed by atoms with E-state index in [2.05, 4.69) is 5.43 Å². The van der Waals surface area contributed by atoms with Gasteiger partial charge in [0, 0.05) is 6.54 Å². The molecule has 62 valence electrons. The second-order valence-corrected chi connectivity index (χ2v) is 2.01. The smallest absolute Gasteiger partial charge is 0.123 e. The van der Waals surface area contributed by atoms with Crippen molar-refractivity contribution in [3.05, 3.63) is 35.6 Å². The van der Waals surface area contributed by atoms with Gasteiger partial charge in [-0.15, -0.1) is 0 Å². The Balaban J connectivity index is 0.000001000. The average molecular weight is 176 g/mol. The second kappa shape index (κ2) is 5.07. The van der Waals surface area contributed by atoms with Crippen molar-refractivity contribution < 1.29 is 16.8 Å². The summed E-state index contributed by atoms with van der Waals surface area (Å²) < 4.78 is 12.3. The number of nitrogens with two attached hydrogens (primary N) is 1. The lowest BCUT2D eigenvalue weighted by Gasteiger charge is -1.97. The summed E-state index contributed by atoms with van der Waals surface area (Å²) in [4.78, 5) is 0. The van der Waals surface area contributed by atoms with Crippen LogP contribution in [0.25, 0.3) is 0 Å². The van der Waals surface area contributed by atoms with E-state index in [0.717, 1.165) is 5.56 Å². The Morgan fingerprint density at radius 2 is 1.82 bits per heavy atom. The van der Waals surface area contributed by atoms with Gasteiger partial charge in [-0.05, 0) is 17.7 Å². The summed E-state index contributed by atoms with van der Waals surface area (Å²) in [5, 5.41) is 0. The maximum Gasteiger partial charge on any atom is 0.123 e. The Morgan fingerprint density at radius 3 is 2.27 bits per heavy atom. The summed E-state index contributed by atoms with van der Waals surface area (Å²) in [7, 11) is 0. The number of hydrogen-bond acceptors (Lipinski definition) is 2. The zero-order chi connectivity index (χ0) is 7.40. The molecule has 0 fully saturated rings. The SMILES string of the molecule is NNCc1ccc(F)cc1.[Cl-]. The van der Waals surface area contributed by atoms with Gasteiger partial charge in [-0.3, -0.25) is 11.3 Å². The Bertz CT molecular complexity index is 200. The van der Waals surface area contributed by atoms with Crippen LogP contribution in [0, 0.1) is 5.82 Å². The molecule has 0 spiro atoms. The zero-order valence-corrected chi connectivity index (χ0v) is 6.61. The van der Waals surface area contributed by atoms with E-state index in [4.69, 9.17) is 5.84 Å². The van der Waals surface area contributed by atoms with Gasteiger partial charge < -0.3 is 12.4 Å². The van der Waals surface area contributed by atoms with Gasteiger partial charge in [0.25, 0.3) is 0 Å². The highest BCUT2D eigenvalue weighted by Crippen LogP contribution is 2.00. The summed E-state index contributed by atoms with van der Waals surface area (Å²) in [6, 6.07) is 6.20. The van der Waals surface area contributed by atoms with Gasteiger partial charge in [-0.1, -0.05) is 12.1 Å². The van der Waals surface area contributed by atoms with Crippen LogP contribution >= 0.6 is 0 Å². The van der Waals surface area contributed by atoms with E-state index in [1.54, 1.807) is 12.1 Å². The van der Waals surface area contributed by atoms with Crippen molar-refractivity contribution in [1.82, 2.24) is 5.43 Å². The van der Waals surface area contributed by atoms with E-state index in [0.29, 0.717) is 6.54 Å². The summed E-state index contributed by atoms with van der Waals surface area (Å²) in [6.45, 7) is 0.570. The van der Waals surface area contributed by atoms with E-state index in [9.17, 15) is 4.39 Å². The number of nitrogens with one attached hydrogen (secondary N) is 1.